The predicted molar refractivity (Wildman–Crippen MR) is 129 cm³/mol. The van der Waals surface area contributed by atoms with Gasteiger partial charge in [-0.3, -0.25) is 18.9 Å². The zero-order valence-corrected chi connectivity index (χ0v) is 19.2. The summed E-state index contributed by atoms with van der Waals surface area (Å²) in [6.07, 6.45) is 2.87. The van der Waals surface area contributed by atoms with Gasteiger partial charge in [0.1, 0.15) is 23.1 Å². The number of pyridine rings is 1. The van der Waals surface area contributed by atoms with Gasteiger partial charge in [0.15, 0.2) is 11.5 Å². The first-order valence-corrected chi connectivity index (χ1v) is 11.2. The number of nitriles is 1. The molecule has 2 aromatic heterocycles. The predicted octanol–water partition coefficient (Wildman–Crippen LogP) is 1.45. The SMILES string of the molecule is Cc1cccn2c(=O)c(C=C(C#N)C(N)=O)c(N3CCN(Cc4ccc5c(c4)OCO5)CC3)nc12. The minimum Gasteiger partial charge on any atom is -0.454 e. The molecule has 2 aliphatic rings. The number of piperazine rings is 1. The van der Waals surface area contributed by atoms with E-state index in [2.05, 4.69) is 4.90 Å². The van der Waals surface area contributed by atoms with Gasteiger partial charge in [0.05, 0.1) is 5.56 Å². The Bertz CT molecular complexity index is 1450. The second-order valence-electron chi connectivity index (χ2n) is 8.52. The van der Waals surface area contributed by atoms with Gasteiger partial charge in [-0.15, -0.1) is 0 Å². The molecule has 1 saturated heterocycles. The van der Waals surface area contributed by atoms with Gasteiger partial charge in [0.25, 0.3) is 11.5 Å². The average molecular weight is 473 g/mol. The van der Waals surface area contributed by atoms with Crippen molar-refractivity contribution in [2.75, 3.05) is 37.9 Å². The van der Waals surface area contributed by atoms with Crippen molar-refractivity contribution in [3.8, 4) is 17.6 Å². The van der Waals surface area contributed by atoms with Gasteiger partial charge in [-0.25, -0.2) is 4.98 Å². The summed E-state index contributed by atoms with van der Waals surface area (Å²) in [6, 6.07) is 11.4. The van der Waals surface area contributed by atoms with Crippen LogP contribution in [0.1, 0.15) is 16.7 Å². The van der Waals surface area contributed by atoms with E-state index in [4.69, 9.17) is 20.2 Å². The number of aromatic nitrogens is 2. The minimum atomic E-state index is -0.888. The molecule has 5 rings (SSSR count). The van der Waals surface area contributed by atoms with E-state index in [0.29, 0.717) is 24.6 Å². The van der Waals surface area contributed by atoms with Crippen LogP contribution in [-0.4, -0.2) is 53.2 Å². The number of primary amides is 1. The molecule has 0 radical (unpaired) electrons. The summed E-state index contributed by atoms with van der Waals surface area (Å²) in [5.74, 6) is 1.08. The molecule has 0 atom stereocenters. The van der Waals surface area contributed by atoms with E-state index >= 15 is 0 Å². The molecule has 0 bridgehead atoms. The molecule has 0 unspecified atom stereocenters. The Balaban J connectivity index is 1.44. The number of anilines is 1. The number of hydrogen-bond donors (Lipinski definition) is 1. The molecule has 10 heteroatoms. The highest BCUT2D eigenvalue weighted by Gasteiger charge is 2.24. The van der Waals surface area contributed by atoms with Crippen LogP contribution in [0.15, 0.2) is 46.9 Å². The van der Waals surface area contributed by atoms with Gasteiger partial charge in [0, 0.05) is 38.9 Å². The quantitative estimate of drug-likeness (QED) is 0.437. The van der Waals surface area contributed by atoms with Crippen LogP contribution < -0.4 is 25.7 Å². The average Bonchev–Trinajstić information content (AvgIpc) is 3.32. The Kier molecular flexibility index (Phi) is 5.84. The molecule has 1 amide bonds. The van der Waals surface area contributed by atoms with Gasteiger partial charge in [-0.1, -0.05) is 12.1 Å². The van der Waals surface area contributed by atoms with E-state index in [-0.39, 0.29) is 23.5 Å². The van der Waals surface area contributed by atoms with Crippen molar-refractivity contribution in [3.63, 3.8) is 0 Å². The van der Waals surface area contributed by atoms with Crippen molar-refractivity contribution in [2.24, 2.45) is 5.73 Å². The number of hydrogen-bond acceptors (Lipinski definition) is 8. The molecular formula is C25H24N6O4. The molecule has 2 aliphatic heterocycles. The number of fused-ring (bicyclic) bond motifs is 2. The lowest BCUT2D eigenvalue weighted by Crippen LogP contribution is -2.47. The molecule has 10 nitrogen and oxygen atoms in total. The van der Waals surface area contributed by atoms with Crippen molar-refractivity contribution in [1.82, 2.24) is 14.3 Å². The molecule has 2 N–H and O–H groups in total. The van der Waals surface area contributed by atoms with Crippen molar-refractivity contribution in [1.29, 1.82) is 5.26 Å². The van der Waals surface area contributed by atoms with Crippen molar-refractivity contribution < 1.29 is 14.3 Å². The molecule has 1 fully saturated rings. The molecular weight excluding hydrogens is 448 g/mol. The fraction of sp³-hybridized carbons (Fsp3) is 0.280. The number of ether oxygens (including phenoxy) is 2. The summed E-state index contributed by atoms with van der Waals surface area (Å²) in [5.41, 5.74) is 7.37. The zero-order chi connectivity index (χ0) is 24.5. The highest BCUT2D eigenvalue weighted by Crippen LogP contribution is 2.33. The summed E-state index contributed by atoms with van der Waals surface area (Å²) in [7, 11) is 0. The maximum Gasteiger partial charge on any atom is 0.267 e. The summed E-state index contributed by atoms with van der Waals surface area (Å²) >= 11 is 0. The van der Waals surface area contributed by atoms with Crippen LogP contribution >= 0.6 is 0 Å². The highest BCUT2D eigenvalue weighted by molar-refractivity contribution is 6.01. The highest BCUT2D eigenvalue weighted by atomic mass is 16.7. The lowest BCUT2D eigenvalue weighted by atomic mass is 10.1. The maximum atomic E-state index is 13.4. The van der Waals surface area contributed by atoms with Gasteiger partial charge in [-0.2, -0.15) is 5.26 Å². The Morgan fingerprint density at radius 2 is 1.97 bits per heavy atom. The largest absolute Gasteiger partial charge is 0.454 e. The number of amides is 1. The number of nitrogens with two attached hydrogens (primary N) is 1. The second-order valence-corrected chi connectivity index (χ2v) is 8.52. The Morgan fingerprint density at radius 3 is 2.71 bits per heavy atom. The summed E-state index contributed by atoms with van der Waals surface area (Å²) < 4.78 is 12.3. The molecule has 3 aromatic rings. The summed E-state index contributed by atoms with van der Waals surface area (Å²) in [5, 5.41) is 9.36. The third-order valence-corrected chi connectivity index (χ3v) is 6.25. The van der Waals surface area contributed by atoms with E-state index in [9.17, 15) is 14.9 Å². The number of nitrogens with zero attached hydrogens (tertiary/aromatic N) is 5. The van der Waals surface area contributed by atoms with Crippen molar-refractivity contribution in [3.05, 3.63) is 69.1 Å². The zero-order valence-electron chi connectivity index (χ0n) is 19.2. The lowest BCUT2D eigenvalue weighted by Gasteiger charge is -2.36. The smallest absolute Gasteiger partial charge is 0.267 e. The van der Waals surface area contributed by atoms with Gasteiger partial charge in [0.2, 0.25) is 6.79 Å². The van der Waals surface area contributed by atoms with Gasteiger partial charge < -0.3 is 20.1 Å². The number of benzene rings is 1. The number of carbonyl (C=O) groups excluding carboxylic acids is 1. The fourth-order valence-corrected chi connectivity index (χ4v) is 4.39. The monoisotopic (exact) mass is 472 g/mol. The number of aryl methyl sites for hydroxylation is 1. The van der Waals surface area contributed by atoms with Crippen molar-refractivity contribution in [2.45, 2.75) is 13.5 Å². The topological polar surface area (TPSA) is 126 Å². The Morgan fingerprint density at radius 1 is 1.20 bits per heavy atom. The number of carbonyl (C=O) groups is 1. The molecule has 178 valence electrons. The second kappa shape index (κ2) is 9.12. The third kappa shape index (κ3) is 4.29. The standard InChI is InChI=1S/C25H24N6O4/c1-16-3-2-6-31-23(16)28-24(19(25(31)33)12-18(13-26)22(27)32)30-9-7-29(8-10-30)14-17-4-5-20-21(11-17)35-15-34-20/h2-6,11-12H,7-10,14-15H2,1H3,(H2,27,32). The van der Waals surface area contributed by atoms with E-state index in [0.717, 1.165) is 42.3 Å². The summed E-state index contributed by atoms with van der Waals surface area (Å²) in [4.78, 5) is 34.2. The van der Waals surface area contributed by atoms with Crippen molar-refractivity contribution >= 4 is 23.4 Å². The molecule has 0 saturated carbocycles. The number of rotatable bonds is 5. The molecule has 1 aromatic carbocycles. The fourth-order valence-electron chi connectivity index (χ4n) is 4.39. The van der Waals surface area contributed by atoms with Gasteiger partial charge >= 0.3 is 0 Å². The molecule has 35 heavy (non-hydrogen) atoms. The van der Waals surface area contributed by atoms with Crippen LogP contribution in [0.5, 0.6) is 11.5 Å². The third-order valence-electron chi connectivity index (χ3n) is 6.25. The van der Waals surface area contributed by atoms with E-state index in [1.165, 1.54) is 10.5 Å². The first kappa shape index (κ1) is 22.4. The first-order valence-electron chi connectivity index (χ1n) is 11.2. The Hall–Kier alpha value is -4.36. The van der Waals surface area contributed by atoms with E-state index in [1.54, 1.807) is 18.3 Å². The minimum absolute atomic E-state index is 0.174. The van der Waals surface area contributed by atoms with Crippen LogP contribution in [0.3, 0.4) is 0 Å². The summed E-state index contributed by atoms with van der Waals surface area (Å²) in [6.45, 7) is 5.62. The van der Waals surface area contributed by atoms with Crippen LogP contribution in [0.2, 0.25) is 0 Å². The van der Waals surface area contributed by atoms with Crippen LogP contribution in [-0.2, 0) is 11.3 Å². The van der Waals surface area contributed by atoms with E-state index in [1.807, 2.05) is 36.1 Å². The maximum absolute atomic E-state index is 13.4. The van der Waals surface area contributed by atoms with Crippen LogP contribution in [0, 0.1) is 18.3 Å². The van der Waals surface area contributed by atoms with Crippen LogP contribution in [0.25, 0.3) is 11.7 Å². The van der Waals surface area contributed by atoms with E-state index < -0.39 is 5.91 Å². The normalized spacial score (nSPS) is 15.9. The Labute approximate surface area is 201 Å². The molecule has 0 aliphatic carbocycles. The molecule has 0 spiro atoms. The molecule has 4 heterocycles. The lowest BCUT2D eigenvalue weighted by molar-refractivity contribution is -0.114. The van der Waals surface area contributed by atoms with Gasteiger partial charge in [-0.05, 0) is 42.3 Å². The van der Waals surface area contributed by atoms with Crippen LogP contribution in [0.4, 0.5) is 5.82 Å². The first-order chi connectivity index (χ1) is 16.9.